The summed E-state index contributed by atoms with van der Waals surface area (Å²) in [5.74, 6) is 0.965. The minimum absolute atomic E-state index is 0.298. The maximum atomic E-state index is 10.8. The zero-order valence-electron chi connectivity index (χ0n) is 15.4. The molecule has 0 spiro atoms. The van der Waals surface area contributed by atoms with Crippen molar-refractivity contribution in [1.29, 1.82) is 0 Å². The number of benzene rings is 1. The fourth-order valence-corrected chi connectivity index (χ4v) is 4.23. The molecular formula is C19H21N5O3S. The lowest BCUT2D eigenvalue weighted by Crippen LogP contribution is -2.31. The summed E-state index contributed by atoms with van der Waals surface area (Å²) in [5.41, 5.74) is 1.76. The number of hydrogen-bond acceptors (Lipinski definition) is 7. The summed E-state index contributed by atoms with van der Waals surface area (Å²) in [6.07, 6.45) is 5.38. The Morgan fingerprint density at radius 2 is 2.04 bits per heavy atom. The van der Waals surface area contributed by atoms with Crippen LogP contribution in [-0.2, 0) is 0 Å². The predicted molar refractivity (Wildman–Crippen MR) is 109 cm³/mol. The van der Waals surface area contributed by atoms with Gasteiger partial charge in [0.1, 0.15) is 4.92 Å². The minimum Gasteiger partial charge on any atom is -0.400 e. The number of imidazole rings is 1. The number of hydrogen-bond donors (Lipinski definition) is 0. The Hall–Kier alpha value is -2.65. The highest BCUT2D eigenvalue weighted by Crippen LogP contribution is 2.24. The Bertz CT molecular complexity index is 991. The van der Waals surface area contributed by atoms with Crippen LogP contribution in [0.15, 0.2) is 51.1 Å². The Labute approximate surface area is 166 Å². The predicted octanol–water partition coefficient (Wildman–Crippen LogP) is 4.00. The first-order valence-corrected chi connectivity index (χ1v) is 10.3. The molecule has 0 aliphatic carbocycles. The molecule has 0 saturated carbocycles. The molecule has 2 aromatic heterocycles. The molecule has 1 saturated heterocycles. The fourth-order valence-electron chi connectivity index (χ4n) is 3.27. The van der Waals surface area contributed by atoms with Crippen molar-refractivity contribution >= 4 is 34.9 Å². The van der Waals surface area contributed by atoms with E-state index in [2.05, 4.69) is 10.0 Å². The monoisotopic (exact) mass is 399 g/mol. The number of furan rings is 1. The van der Waals surface area contributed by atoms with E-state index in [4.69, 9.17) is 9.40 Å². The Kier molecular flexibility index (Phi) is 5.73. The number of rotatable bonds is 7. The third-order valence-corrected chi connectivity index (χ3v) is 5.60. The number of nitrogens with zero attached hydrogens (tertiary/aromatic N) is 5. The van der Waals surface area contributed by atoms with Crippen molar-refractivity contribution < 1.29 is 9.34 Å². The van der Waals surface area contributed by atoms with Crippen molar-refractivity contribution in [3.63, 3.8) is 0 Å². The lowest BCUT2D eigenvalue weighted by Gasteiger charge is -2.25. The van der Waals surface area contributed by atoms with Gasteiger partial charge in [0.05, 0.1) is 23.3 Å². The standard InChI is InChI=1S/C19H21N5O3S/c25-24(26)18-9-8-15(27-18)14-20-23-17-7-3-2-6-16(17)21-19(23)28-13-12-22-10-4-1-5-11-22/h2-3,6-9,14H,1,4-5,10-13H2/b20-14-. The number of thioether (sulfide) groups is 1. The summed E-state index contributed by atoms with van der Waals surface area (Å²) >= 11 is 1.67. The molecule has 0 bridgehead atoms. The lowest BCUT2D eigenvalue weighted by molar-refractivity contribution is -0.402. The summed E-state index contributed by atoms with van der Waals surface area (Å²) in [6, 6.07) is 10.6. The van der Waals surface area contributed by atoms with Gasteiger partial charge in [0.2, 0.25) is 0 Å². The highest BCUT2D eigenvalue weighted by atomic mass is 32.2. The van der Waals surface area contributed by atoms with Crippen LogP contribution in [0, 0.1) is 10.1 Å². The molecule has 8 nitrogen and oxygen atoms in total. The number of likely N-dealkylation sites (tertiary alicyclic amines) is 1. The molecule has 3 heterocycles. The number of aromatic nitrogens is 2. The third-order valence-electron chi connectivity index (χ3n) is 4.69. The Morgan fingerprint density at radius 3 is 2.82 bits per heavy atom. The lowest BCUT2D eigenvalue weighted by atomic mass is 10.1. The van der Waals surface area contributed by atoms with Crippen LogP contribution in [0.5, 0.6) is 0 Å². The van der Waals surface area contributed by atoms with Gasteiger partial charge in [-0.2, -0.15) is 5.10 Å². The maximum absolute atomic E-state index is 10.8. The molecule has 1 fully saturated rings. The van der Waals surface area contributed by atoms with Crippen molar-refractivity contribution in [3.8, 4) is 0 Å². The average molecular weight is 399 g/mol. The molecular weight excluding hydrogens is 378 g/mol. The van der Waals surface area contributed by atoms with Gasteiger partial charge in [0.15, 0.2) is 10.9 Å². The topological polar surface area (TPSA) is 89.7 Å². The van der Waals surface area contributed by atoms with E-state index in [1.165, 1.54) is 50.7 Å². The van der Waals surface area contributed by atoms with Crippen LogP contribution in [0.25, 0.3) is 11.0 Å². The van der Waals surface area contributed by atoms with Crippen LogP contribution in [0.2, 0.25) is 0 Å². The van der Waals surface area contributed by atoms with E-state index in [1.807, 2.05) is 24.3 Å². The van der Waals surface area contributed by atoms with Crippen molar-refractivity contribution in [1.82, 2.24) is 14.6 Å². The number of fused-ring (bicyclic) bond motifs is 1. The molecule has 3 aromatic rings. The molecule has 1 aromatic carbocycles. The van der Waals surface area contributed by atoms with Crippen molar-refractivity contribution in [3.05, 3.63) is 52.3 Å². The highest BCUT2D eigenvalue weighted by molar-refractivity contribution is 7.99. The molecule has 146 valence electrons. The largest absolute Gasteiger partial charge is 0.433 e. The molecule has 1 aliphatic heterocycles. The van der Waals surface area contributed by atoms with Gasteiger partial charge in [0, 0.05) is 12.3 Å². The normalized spacial score (nSPS) is 15.6. The molecule has 0 amide bonds. The first-order valence-electron chi connectivity index (χ1n) is 9.32. The summed E-state index contributed by atoms with van der Waals surface area (Å²) in [7, 11) is 0. The van der Waals surface area contributed by atoms with E-state index in [0.29, 0.717) is 5.76 Å². The van der Waals surface area contributed by atoms with Crippen LogP contribution >= 0.6 is 11.8 Å². The van der Waals surface area contributed by atoms with Crippen molar-refractivity contribution in [2.24, 2.45) is 5.10 Å². The molecule has 0 unspecified atom stereocenters. The second-order valence-electron chi connectivity index (χ2n) is 6.62. The van der Waals surface area contributed by atoms with Crippen LogP contribution in [-0.4, -0.2) is 51.1 Å². The van der Waals surface area contributed by atoms with Gasteiger partial charge in [-0.05, 0) is 44.1 Å². The van der Waals surface area contributed by atoms with Crippen molar-refractivity contribution in [2.45, 2.75) is 24.4 Å². The van der Waals surface area contributed by atoms with Crippen molar-refractivity contribution in [2.75, 3.05) is 25.4 Å². The van der Waals surface area contributed by atoms with E-state index < -0.39 is 4.92 Å². The van der Waals surface area contributed by atoms with Gasteiger partial charge < -0.3 is 9.32 Å². The zero-order chi connectivity index (χ0) is 19.3. The second kappa shape index (κ2) is 8.57. The molecule has 4 rings (SSSR count). The summed E-state index contributed by atoms with van der Waals surface area (Å²) < 4.78 is 6.93. The zero-order valence-corrected chi connectivity index (χ0v) is 16.2. The molecule has 9 heteroatoms. The first-order chi connectivity index (χ1) is 13.7. The molecule has 0 radical (unpaired) electrons. The van der Waals surface area contributed by atoms with Crippen LogP contribution < -0.4 is 0 Å². The summed E-state index contributed by atoms with van der Waals surface area (Å²) in [4.78, 5) is 17.4. The van der Waals surface area contributed by atoms with Gasteiger partial charge in [-0.3, -0.25) is 10.1 Å². The summed E-state index contributed by atoms with van der Waals surface area (Å²) in [6.45, 7) is 3.38. The minimum atomic E-state index is -0.564. The number of para-hydroxylation sites is 2. The highest BCUT2D eigenvalue weighted by Gasteiger charge is 2.14. The average Bonchev–Trinajstić information content (AvgIpc) is 3.32. The Balaban J connectivity index is 1.52. The van der Waals surface area contributed by atoms with E-state index in [9.17, 15) is 10.1 Å². The Morgan fingerprint density at radius 1 is 1.21 bits per heavy atom. The van der Waals surface area contributed by atoms with Crippen LogP contribution in [0.4, 0.5) is 5.88 Å². The molecule has 1 aliphatic rings. The molecule has 28 heavy (non-hydrogen) atoms. The fraction of sp³-hybridized carbons (Fsp3) is 0.368. The SMILES string of the molecule is O=[N+]([O-])c1ccc(/C=N\n2c(SCCN3CCCCC3)nc3ccccc32)o1. The van der Waals surface area contributed by atoms with Gasteiger partial charge >= 0.3 is 5.88 Å². The van der Waals surface area contributed by atoms with E-state index in [1.54, 1.807) is 16.4 Å². The third kappa shape index (κ3) is 4.26. The number of nitro groups is 1. The maximum Gasteiger partial charge on any atom is 0.433 e. The van der Waals surface area contributed by atoms with Crippen LogP contribution in [0.3, 0.4) is 0 Å². The quantitative estimate of drug-likeness (QED) is 0.258. The van der Waals surface area contributed by atoms with E-state index in [0.717, 1.165) is 28.5 Å². The number of piperidine rings is 1. The molecule has 0 N–H and O–H groups in total. The first kappa shape index (κ1) is 18.7. The van der Waals surface area contributed by atoms with E-state index >= 15 is 0 Å². The second-order valence-corrected chi connectivity index (χ2v) is 7.69. The van der Waals surface area contributed by atoms with Gasteiger partial charge in [0.25, 0.3) is 0 Å². The van der Waals surface area contributed by atoms with Crippen LogP contribution in [0.1, 0.15) is 25.0 Å². The van der Waals surface area contributed by atoms with Gasteiger partial charge in [-0.25, -0.2) is 9.66 Å². The van der Waals surface area contributed by atoms with E-state index in [-0.39, 0.29) is 5.88 Å². The summed E-state index contributed by atoms with van der Waals surface area (Å²) in [5, 5.41) is 16.1. The van der Waals surface area contributed by atoms with Gasteiger partial charge in [-0.15, -0.1) is 0 Å². The van der Waals surface area contributed by atoms with Gasteiger partial charge in [-0.1, -0.05) is 30.3 Å². The molecule has 0 atom stereocenters. The smallest absolute Gasteiger partial charge is 0.400 e.